The predicted molar refractivity (Wildman–Crippen MR) is 52.3 cm³/mol. The average Bonchev–Trinajstić information content (AvgIpc) is 2.02. The molecule has 0 saturated heterocycles. The van der Waals surface area contributed by atoms with Gasteiger partial charge >= 0.3 is 0 Å². The van der Waals surface area contributed by atoms with Crippen LogP contribution in [-0.2, 0) is 4.79 Å². The van der Waals surface area contributed by atoms with Crippen LogP contribution in [0.4, 0.5) is 0 Å². The maximum Gasteiger partial charge on any atom is 0.259 e. The van der Waals surface area contributed by atoms with Crippen LogP contribution >= 0.6 is 11.6 Å². The van der Waals surface area contributed by atoms with Crippen LogP contribution in [0.5, 0.6) is 5.75 Å². The van der Waals surface area contributed by atoms with Crippen molar-refractivity contribution in [3.8, 4) is 5.75 Å². The molecule has 13 heavy (non-hydrogen) atoms. The van der Waals surface area contributed by atoms with E-state index < -0.39 is 5.24 Å². The molecule has 0 atom stereocenters. The minimum Gasteiger partial charge on any atom is -0.484 e. The third-order valence-corrected chi connectivity index (χ3v) is 1.78. The van der Waals surface area contributed by atoms with E-state index in [1.54, 1.807) is 0 Å². The molecule has 0 spiro atoms. The van der Waals surface area contributed by atoms with Gasteiger partial charge in [-0.05, 0) is 37.1 Å². The lowest BCUT2D eigenvalue weighted by Gasteiger charge is -2.06. The fourth-order valence-corrected chi connectivity index (χ4v) is 1.15. The van der Waals surface area contributed by atoms with Gasteiger partial charge in [-0.2, -0.15) is 0 Å². The lowest BCUT2D eigenvalue weighted by Crippen LogP contribution is -2.05. The summed E-state index contributed by atoms with van der Waals surface area (Å²) in [6.07, 6.45) is 0. The van der Waals surface area contributed by atoms with E-state index in [2.05, 4.69) is 0 Å². The number of benzene rings is 1. The summed E-state index contributed by atoms with van der Waals surface area (Å²) in [4.78, 5) is 10.4. The first-order valence-electron chi connectivity index (χ1n) is 3.98. The summed E-state index contributed by atoms with van der Waals surface area (Å²) < 4.78 is 5.17. The molecular formula is C10H11ClO2. The van der Waals surface area contributed by atoms with Crippen LogP contribution in [0.15, 0.2) is 18.2 Å². The summed E-state index contributed by atoms with van der Waals surface area (Å²) in [6.45, 7) is 3.86. The molecule has 0 amide bonds. The highest BCUT2D eigenvalue weighted by molar-refractivity contribution is 6.63. The van der Waals surface area contributed by atoms with E-state index in [9.17, 15) is 4.79 Å². The molecule has 0 unspecified atom stereocenters. The van der Waals surface area contributed by atoms with Crippen molar-refractivity contribution in [2.24, 2.45) is 0 Å². The highest BCUT2D eigenvalue weighted by Gasteiger charge is 2.01. The Morgan fingerprint density at radius 1 is 1.46 bits per heavy atom. The first kappa shape index (κ1) is 10.1. The second-order valence-corrected chi connectivity index (χ2v) is 3.33. The minimum atomic E-state index is -0.486. The Hall–Kier alpha value is -1.02. The molecule has 0 aliphatic heterocycles. The molecule has 0 fully saturated rings. The van der Waals surface area contributed by atoms with Crippen molar-refractivity contribution in [2.45, 2.75) is 13.8 Å². The summed E-state index contributed by atoms with van der Waals surface area (Å²) in [7, 11) is 0. The molecule has 0 bridgehead atoms. The van der Waals surface area contributed by atoms with Crippen LogP contribution < -0.4 is 4.74 Å². The van der Waals surface area contributed by atoms with Gasteiger partial charge in [-0.25, -0.2) is 0 Å². The van der Waals surface area contributed by atoms with Gasteiger partial charge < -0.3 is 4.74 Å². The van der Waals surface area contributed by atoms with Gasteiger partial charge in [-0.15, -0.1) is 0 Å². The SMILES string of the molecule is Cc1ccc(OCC(=O)Cl)c(C)c1. The largest absolute Gasteiger partial charge is 0.484 e. The molecule has 3 heteroatoms. The molecule has 0 radical (unpaired) electrons. The number of aryl methyl sites for hydroxylation is 2. The van der Waals surface area contributed by atoms with E-state index >= 15 is 0 Å². The molecule has 0 aromatic heterocycles. The molecule has 0 aliphatic carbocycles. The van der Waals surface area contributed by atoms with Crippen molar-refractivity contribution in [1.29, 1.82) is 0 Å². The van der Waals surface area contributed by atoms with Gasteiger partial charge in [0.1, 0.15) is 5.75 Å². The van der Waals surface area contributed by atoms with E-state index in [1.165, 1.54) is 5.56 Å². The Morgan fingerprint density at radius 3 is 2.69 bits per heavy atom. The molecular weight excluding hydrogens is 188 g/mol. The smallest absolute Gasteiger partial charge is 0.259 e. The second-order valence-electron chi connectivity index (χ2n) is 2.91. The highest BCUT2D eigenvalue weighted by Crippen LogP contribution is 2.18. The molecule has 1 aromatic rings. The molecule has 2 nitrogen and oxygen atoms in total. The number of hydrogen-bond acceptors (Lipinski definition) is 2. The van der Waals surface area contributed by atoms with Gasteiger partial charge in [0, 0.05) is 0 Å². The molecule has 70 valence electrons. The fraction of sp³-hybridized carbons (Fsp3) is 0.300. The fourth-order valence-electron chi connectivity index (χ4n) is 1.10. The average molecular weight is 199 g/mol. The summed E-state index contributed by atoms with van der Waals surface area (Å²) >= 11 is 5.15. The van der Waals surface area contributed by atoms with Crippen molar-refractivity contribution in [3.63, 3.8) is 0 Å². The summed E-state index contributed by atoms with van der Waals surface area (Å²) in [6, 6.07) is 5.76. The number of hydrogen-bond donors (Lipinski definition) is 0. The van der Waals surface area contributed by atoms with Crippen LogP contribution in [0.2, 0.25) is 0 Å². The standard InChI is InChI=1S/C10H11ClO2/c1-7-3-4-9(8(2)5-7)13-6-10(11)12/h3-5H,6H2,1-2H3. The topological polar surface area (TPSA) is 26.3 Å². The molecule has 0 N–H and O–H groups in total. The maximum atomic E-state index is 10.4. The van der Waals surface area contributed by atoms with E-state index in [0.29, 0.717) is 5.75 Å². The van der Waals surface area contributed by atoms with Crippen LogP contribution in [0, 0.1) is 13.8 Å². The van der Waals surface area contributed by atoms with E-state index in [0.717, 1.165) is 5.56 Å². The molecule has 1 rings (SSSR count). The van der Waals surface area contributed by atoms with Crippen molar-refractivity contribution in [3.05, 3.63) is 29.3 Å². The van der Waals surface area contributed by atoms with Gasteiger partial charge in [0.25, 0.3) is 5.24 Å². The van der Waals surface area contributed by atoms with Crippen LogP contribution in [0.3, 0.4) is 0 Å². The Bertz CT molecular complexity index is 321. The van der Waals surface area contributed by atoms with Crippen LogP contribution in [-0.4, -0.2) is 11.8 Å². The number of rotatable bonds is 3. The van der Waals surface area contributed by atoms with E-state index in [4.69, 9.17) is 16.3 Å². The summed E-state index contributed by atoms with van der Waals surface area (Å²) in [5.41, 5.74) is 2.18. The molecule has 0 saturated carbocycles. The molecule has 1 aromatic carbocycles. The minimum absolute atomic E-state index is 0.0779. The quantitative estimate of drug-likeness (QED) is 0.698. The van der Waals surface area contributed by atoms with Crippen molar-refractivity contribution < 1.29 is 9.53 Å². The van der Waals surface area contributed by atoms with Crippen molar-refractivity contribution >= 4 is 16.8 Å². The third-order valence-electron chi connectivity index (χ3n) is 1.67. The van der Waals surface area contributed by atoms with Gasteiger partial charge in [0.05, 0.1) is 0 Å². The van der Waals surface area contributed by atoms with Crippen molar-refractivity contribution in [1.82, 2.24) is 0 Å². The summed E-state index contributed by atoms with van der Waals surface area (Å²) in [5, 5.41) is -0.486. The maximum absolute atomic E-state index is 10.4. The molecule has 0 aliphatic rings. The summed E-state index contributed by atoms with van der Waals surface area (Å²) in [5.74, 6) is 0.708. The first-order chi connectivity index (χ1) is 6.09. The van der Waals surface area contributed by atoms with E-state index in [-0.39, 0.29) is 6.61 Å². The number of carbonyl (C=O) groups excluding carboxylic acids is 1. The van der Waals surface area contributed by atoms with Crippen LogP contribution in [0.1, 0.15) is 11.1 Å². The Morgan fingerprint density at radius 2 is 2.15 bits per heavy atom. The zero-order chi connectivity index (χ0) is 9.84. The second kappa shape index (κ2) is 4.28. The van der Waals surface area contributed by atoms with Crippen LogP contribution in [0.25, 0.3) is 0 Å². The van der Waals surface area contributed by atoms with Gasteiger partial charge in [0.15, 0.2) is 6.61 Å². The Kier molecular flexibility index (Phi) is 3.32. The normalized spacial score (nSPS) is 9.77. The van der Waals surface area contributed by atoms with Gasteiger partial charge in [0.2, 0.25) is 0 Å². The van der Waals surface area contributed by atoms with Gasteiger partial charge in [-0.3, -0.25) is 4.79 Å². The number of carbonyl (C=O) groups is 1. The Labute approximate surface area is 82.5 Å². The monoisotopic (exact) mass is 198 g/mol. The lowest BCUT2D eigenvalue weighted by atomic mass is 10.1. The molecule has 0 heterocycles. The van der Waals surface area contributed by atoms with Crippen molar-refractivity contribution in [2.75, 3.05) is 6.61 Å². The predicted octanol–water partition coefficient (Wildman–Crippen LogP) is 2.45. The zero-order valence-corrected chi connectivity index (χ0v) is 8.39. The highest BCUT2D eigenvalue weighted by atomic mass is 35.5. The number of ether oxygens (including phenoxy) is 1. The van der Waals surface area contributed by atoms with E-state index in [1.807, 2.05) is 32.0 Å². The number of halogens is 1. The third kappa shape index (κ3) is 3.07. The van der Waals surface area contributed by atoms with Gasteiger partial charge in [-0.1, -0.05) is 17.7 Å². The Balaban J connectivity index is 2.72. The lowest BCUT2D eigenvalue weighted by molar-refractivity contribution is -0.113. The zero-order valence-electron chi connectivity index (χ0n) is 7.63. The first-order valence-corrected chi connectivity index (χ1v) is 4.36.